The van der Waals surface area contributed by atoms with E-state index in [4.69, 9.17) is 9.84 Å². The Bertz CT molecular complexity index is 694. The molecule has 108 valence electrons. The van der Waals surface area contributed by atoms with E-state index in [2.05, 4.69) is 0 Å². The van der Waals surface area contributed by atoms with Gasteiger partial charge in [-0.05, 0) is 29.1 Å². The molecule has 1 N–H and O–H groups in total. The molecule has 2 aromatic rings. The summed E-state index contributed by atoms with van der Waals surface area (Å²) in [6.07, 6.45) is 0. The van der Waals surface area contributed by atoms with Crippen molar-refractivity contribution >= 4 is 27.0 Å². The van der Waals surface area contributed by atoms with E-state index < -0.39 is 10.0 Å². The Labute approximate surface area is 122 Å². The van der Waals surface area contributed by atoms with Crippen LogP contribution in [0, 0.1) is 0 Å². The Morgan fingerprint density at radius 2 is 2.10 bits per heavy atom. The van der Waals surface area contributed by atoms with Crippen molar-refractivity contribution in [2.24, 2.45) is 0 Å². The molecule has 2 rings (SSSR count). The lowest BCUT2D eigenvalue weighted by Gasteiger charge is -2.18. The van der Waals surface area contributed by atoms with E-state index in [0.29, 0.717) is 17.0 Å². The minimum absolute atomic E-state index is 0.172. The lowest BCUT2D eigenvalue weighted by molar-refractivity contribution is 0.282. The number of rotatable bonds is 5. The van der Waals surface area contributed by atoms with Crippen molar-refractivity contribution in [3.63, 3.8) is 0 Å². The fourth-order valence-corrected chi connectivity index (χ4v) is 4.21. The molecule has 1 heterocycles. The molecule has 1 aromatic heterocycles. The molecule has 0 fully saturated rings. The third-order valence-corrected chi connectivity index (χ3v) is 6.09. The van der Waals surface area contributed by atoms with Gasteiger partial charge in [-0.1, -0.05) is 6.07 Å². The number of hydrogen-bond acceptors (Lipinski definition) is 5. The van der Waals surface area contributed by atoms with Crippen molar-refractivity contribution in [3.8, 4) is 5.75 Å². The molecule has 0 aliphatic heterocycles. The van der Waals surface area contributed by atoms with E-state index in [1.165, 1.54) is 24.5 Å². The molecule has 20 heavy (non-hydrogen) atoms. The molecule has 7 heteroatoms. The topological polar surface area (TPSA) is 66.8 Å². The highest BCUT2D eigenvalue weighted by atomic mass is 32.2. The number of nitrogens with zero attached hydrogens (tertiary/aromatic N) is 1. The van der Waals surface area contributed by atoms with Crippen LogP contribution in [0.1, 0.15) is 5.56 Å². The average Bonchev–Trinajstić information content (AvgIpc) is 2.96. The number of thiophene rings is 1. The lowest BCUT2D eigenvalue weighted by atomic mass is 10.3. The number of hydrogen-bond donors (Lipinski definition) is 1. The Morgan fingerprint density at radius 3 is 2.70 bits per heavy atom. The molecule has 0 atom stereocenters. The van der Waals surface area contributed by atoms with Crippen LogP contribution in [-0.4, -0.2) is 27.7 Å². The van der Waals surface area contributed by atoms with E-state index in [-0.39, 0.29) is 10.8 Å². The first-order valence-electron chi connectivity index (χ1n) is 5.80. The van der Waals surface area contributed by atoms with Gasteiger partial charge in [0.25, 0.3) is 10.0 Å². The summed E-state index contributed by atoms with van der Waals surface area (Å²) < 4.78 is 31.4. The van der Waals surface area contributed by atoms with E-state index in [9.17, 15) is 8.42 Å². The standard InChI is InChI=1S/C13H15NO4S2/c1-14(11-4-3-5-12(7-11)18-2)20(16,17)13-6-10(8-15)9-19-13/h3-7,9,15H,8H2,1-2H3. The highest BCUT2D eigenvalue weighted by molar-refractivity contribution is 7.94. The fraction of sp³-hybridized carbons (Fsp3) is 0.231. The van der Waals surface area contributed by atoms with Gasteiger partial charge >= 0.3 is 0 Å². The summed E-state index contributed by atoms with van der Waals surface area (Å²) in [7, 11) is -0.604. The summed E-state index contributed by atoms with van der Waals surface area (Å²) in [4.78, 5) is 0. The van der Waals surface area contributed by atoms with Crippen LogP contribution in [0.5, 0.6) is 5.75 Å². The minimum atomic E-state index is -3.62. The number of sulfonamides is 1. The van der Waals surface area contributed by atoms with Crippen LogP contribution in [0.2, 0.25) is 0 Å². The molecule has 0 aliphatic rings. The van der Waals surface area contributed by atoms with Crippen molar-refractivity contribution in [3.05, 3.63) is 41.3 Å². The van der Waals surface area contributed by atoms with Crippen molar-refractivity contribution < 1.29 is 18.3 Å². The fourth-order valence-electron chi connectivity index (χ4n) is 1.65. The number of anilines is 1. The SMILES string of the molecule is COc1cccc(N(C)S(=O)(=O)c2cc(CO)cs2)c1. The van der Waals surface area contributed by atoms with Gasteiger partial charge in [-0.2, -0.15) is 0 Å². The monoisotopic (exact) mass is 313 g/mol. The molecule has 0 aliphatic carbocycles. The first-order valence-corrected chi connectivity index (χ1v) is 8.12. The van der Waals surface area contributed by atoms with E-state index >= 15 is 0 Å². The Kier molecular flexibility index (Phi) is 4.32. The van der Waals surface area contributed by atoms with E-state index in [1.54, 1.807) is 29.6 Å². The maximum absolute atomic E-state index is 12.5. The molecule has 1 aromatic carbocycles. The molecule has 5 nitrogen and oxygen atoms in total. The second kappa shape index (κ2) is 5.82. The summed E-state index contributed by atoms with van der Waals surface area (Å²) >= 11 is 1.09. The van der Waals surface area contributed by atoms with Crippen molar-refractivity contribution in [2.45, 2.75) is 10.8 Å². The van der Waals surface area contributed by atoms with Crippen molar-refractivity contribution in [1.82, 2.24) is 0 Å². The second-order valence-corrected chi connectivity index (χ2v) is 7.21. The van der Waals surface area contributed by atoms with Crippen molar-refractivity contribution in [1.29, 1.82) is 0 Å². The lowest BCUT2D eigenvalue weighted by Crippen LogP contribution is -2.25. The highest BCUT2D eigenvalue weighted by Crippen LogP contribution is 2.28. The average molecular weight is 313 g/mol. The van der Waals surface area contributed by atoms with Gasteiger partial charge in [0, 0.05) is 13.1 Å². The zero-order valence-electron chi connectivity index (χ0n) is 11.1. The smallest absolute Gasteiger partial charge is 0.273 e. The van der Waals surface area contributed by atoms with E-state index in [1.807, 2.05) is 0 Å². The first kappa shape index (κ1) is 14.8. The number of aliphatic hydroxyl groups is 1. The Balaban J connectivity index is 2.37. The van der Waals surface area contributed by atoms with Gasteiger partial charge in [0.15, 0.2) is 0 Å². The van der Waals surface area contributed by atoms with Gasteiger partial charge in [-0.15, -0.1) is 11.3 Å². The van der Waals surface area contributed by atoms with Crippen LogP contribution >= 0.6 is 11.3 Å². The summed E-state index contributed by atoms with van der Waals surface area (Å²) in [5.41, 5.74) is 1.11. The maximum atomic E-state index is 12.5. The summed E-state index contributed by atoms with van der Waals surface area (Å²) in [5, 5.41) is 10.7. The predicted molar refractivity (Wildman–Crippen MR) is 78.8 cm³/mol. The van der Waals surface area contributed by atoms with Gasteiger partial charge in [0.1, 0.15) is 9.96 Å². The largest absolute Gasteiger partial charge is 0.497 e. The van der Waals surface area contributed by atoms with Crippen LogP contribution in [0.25, 0.3) is 0 Å². The number of methoxy groups -OCH3 is 1. The molecule has 0 radical (unpaired) electrons. The van der Waals surface area contributed by atoms with Gasteiger partial charge < -0.3 is 9.84 Å². The molecule has 0 unspecified atom stereocenters. The minimum Gasteiger partial charge on any atom is -0.497 e. The number of benzene rings is 1. The van der Waals surface area contributed by atoms with Gasteiger partial charge in [-0.3, -0.25) is 4.31 Å². The predicted octanol–water partition coefficient (Wildman–Crippen LogP) is 2.07. The zero-order valence-corrected chi connectivity index (χ0v) is 12.7. The van der Waals surface area contributed by atoms with Crippen LogP contribution in [0.4, 0.5) is 5.69 Å². The zero-order chi connectivity index (χ0) is 14.8. The highest BCUT2D eigenvalue weighted by Gasteiger charge is 2.23. The molecule has 0 saturated carbocycles. The first-order chi connectivity index (χ1) is 9.48. The molecular formula is C13H15NO4S2. The van der Waals surface area contributed by atoms with Crippen LogP contribution in [0.3, 0.4) is 0 Å². The number of aliphatic hydroxyl groups excluding tert-OH is 1. The van der Waals surface area contributed by atoms with Crippen LogP contribution < -0.4 is 9.04 Å². The summed E-state index contributed by atoms with van der Waals surface area (Å²) in [6.45, 7) is -0.172. The third-order valence-electron chi connectivity index (χ3n) is 2.84. The molecule has 0 spiro atoms. The van der Waals surface area contributed by atoms with Crippen LogP contribution in [-0.2, 0) is 16.6 Å². The van der Waals surface area contributed by atoms with Gasteiger partial charge in [0.2, 0.25) is 0 Å². The quantitative estimate of drug-likeness (QED) is 0.917. The van der Waals surface area contributed by atoms with Gasteiger partial charge in [0.05, 0.1) is 19.4 Å². The molecule has 0 saturated heterocycles. The van der Waals surface area contributed by atoms with E-state index in [0.717, 1.165) is 11.3 Å². The Hall–Kier alpha value is -1.57. The van der Waals surface area contributed by atoms with Gasteiger partial charge in [-0.25, -0.2) is 8.42 Å². The van der Waals surface area contributed by atoms with Crippen LogP contribution in [0.15, 0.2) is 39.9 Å². The molecular weight excluding hydrogens is 298 g/mol. The Morgan fingerprint density at radius 1 is 1.35 bits per heavy atom. The third kappa shape index (κ3) is 2.79. The summed E-state index contributed by atoms with van der Waals surface area (Å²) in [5.74, 6) is 0.590. The molecule has 0 amide bonds. The molecule has 0 bridgehead atoms. The maximum Gasteiger partial charge on any atom is 0.273 e. The second-order valence-electron chi connectivity index (χ2n) is 4.11. The summed E-state index contributed by atoms with van der Waals surface area (Å²) in [6, 6.07) is 8.31. The van der Waals surface area contributed by atoms with Crippen molar-refractivity contribution in [2.75, 3.05) is 18.5 Å². The number of ether oxygens (including phenoxy) is 1. The normalized spacial score (nSPS) is 11.3.